The Morgan fingerprint density at radius 3 is 2.16 bits per heavy atom. The average Bonchev–Trinajstić information content (AvgIpc) is 2.62. The number of aryl methyl sites for hydroxylation is 2. The SMILES string of the molecule is COc1cccc(OC)c1C(=O)NCC(=O)Nc1ccc(C)c(C)c1. The van der Waals surface area contributed by atoms with Gasteiger partial charge in [-0.15, -0.1) is 0 Å². The van der Waals surface area contributed by atoms with Gasteiger partial charge < -0.3 is 20.1 Å². The minimum Gasteiger partial charge on any atom is -0.496 e. The number of rotatable bonds is 6. The molecule has 0 saturated heterocycles. The smallest absolute Gasteiger partial charge is 0.259 e. The molecule has 132 valence electrons. The number of nitrogens with one attached hydrogen (secondary N) is 2. The zero-order valence-corrected chi connectivity index (χ0v) is 14.8. The number of benzene rings is 2. The summed E-state index contributed by atoms with van der Waals surface area (Å²) in [7, 11) is 2.94. The van der Waals surface area contributed by atoms with E-state index in [0.717, 1.165) is 11.1 Å². The first-order valence-electron chi connectivity index (χ1n) is 7.82. The third-order valence-corrected chi connectivity index (χ3v) is 3.86. The van der Waals surface area contributed by atoms with Crippen LogP contribution >= 0.6 is 0 Å². The quantitative estimate of drug-likeness (QED) is 0.846. The van der Waals surface area contributed by atoms with Crippen molar-refractivity contribution in [2.45, 2.75) is 13.8 Å². The van der Waals surface area contributed by atoms with E-state index in [2.05, 4.69) is 10.6 Å². The van der Waals surface area contributed by atoms with Gasteiger partial charge in [0.1, 0.15) is 17.1 Å². The van der Waals surface area contributed by atoms with Crippen LogP contribution in [0, 0.1) is 13.8 Å². The van der Waals surface area contributed by atoms with Crippen LogP contribution in [0.4, 0.5) is 5.69 Å². The molecule has 0 aliphatic heterocycles. The number of amides is 2. The Morgan fingerprint density at radius 1 is 0.960 bits per heavy atom. The molecule has 0 aliphatic rings. The highest BCUT2D eigenvalue weighted by Crippen LogP contribution is 2.27. The first kappa shape index (κ1) is 18.3. The van der Waals surface area contributed by atoms with Crippen molar-refractivity contribution in [3.8, 4) is 11.5 Å². The van der Waals surface area contributed by atoms with Crippen LogP contribution in [0.5, 0.6) is 11.5 Å². The molecular weight excluding hydrogens is 320 g/mol. The van der Waals surface area contributed by atoms with Crippen molar-refractivity contribution in [2.75, 3.05) is 26.1 Å². The molecule has 0 fully saturated rings. The van der Waals surface area contributed by atoms with Crippen LogP contribution < -0.4 is 20.1 Å². The number of hydrogen-bond donors (Lipinski definition) is 2. The number of anilines is 1. The minimum atomic E-state index is -0.440. The van der Waals surface area contributed by atoms with Gasteiger partial charge in [0.25, 0.3) is 5.91 Å². The maximum Gasteiger partial charge on any atom is 0.259 e. The van der Waals surface area contributed by atoms with Crippen LogP contribution in [-0.4, -0.2) is 32.6 Å². The van der Waals surface area contributed by atoms with Gasteiger partial charge in [-0.1, -0.05) is 12.1 Å². The van der Waals surface area contributed by atoms with Crippen molar-refractivity contribution in [2.24, 2.45) is 0 Å². The second-order valence-corrected chi connectivity index (χ2v) is 5.57. The molecule has 0 saturated carbocycles. The van der Waals surface area contributed by atoms with Crippen LogP contribution in [0.25, 0.3) is 0 Å². The van der Waals surface area contributed by atoms with E-state index in [9.17, 15) is 9.59 Å². The Morgan fingerprint density at radius 2 is 1.60 bits per heavy atom. The Labute approximate surface area is 147 Å². The molecule has 2 N–H and O–H groups in total. The summed E-state index contributed by atoms with van der Waals surface area (Å²) in [5.41, 5.74) is 3.18. The second-order valence-electron chi connectivity index (χ2n) is 5.57. The lowest BCUT2D eigenvalue weighted by molar-refractivity contribution is -0.115. The van der Waals surface area contributed by atoms with Crippen molar-refractivity contribution in [3.63, 3.8) is 0 Å². The fraction of sp³-hybridized carbons (Fsp3) is 0.263. The largest absolute Gasteiger partial charge is 0.496 e. The van der Waals surface area contributed by atoms with Gasteiger partial charge >= 0.3 is 0 Å². The van der Waals surface area contributed by atoms with Gasteiger partial charge in [0.05, 0.1) is 20.8 Å². The van der Waals surface area contributed by atoms with Gasteiger partial charge in [0.2, 0.25) is 5.91 Å². The number of ether oxygens (including phenoxy) is 2. The third kappa shape index (κ3) is 4.50. The van der Waals surface area contributed by atoms with Gasteiger partial charge in [-0.05, 0) is 49.2 Å². The predicted molar refractivity (Wildman–Crippen MR) is 96.4 cm³/mol. The van der Waals surface area contributed by atoms with Gasteiger partial charge in [0.15, 0.2) is 0 Å². The number of hydrogen-bond acceptors (Lipinski definition) is 4. The monoisotopic (exact) mass is 342 g/mol. The minimum absolute atomic E-state index is 0.160. The summed E-state index contributed by atoms with van der Waals surface area (Å²) >= 11 is 0. The topological polar surface area (TPSA) is 76.7 Å². The molecule has 2 aromatic carbocycles. The standard InChI is InChI=1S/C19H22N2O4/c1-12-8-9-14(10-13(12)2)21-17(22)11-20-19(23)18-15(24-3)6-5-7-16(18)25-4/h5-10H,11H2,1-4H3,(H,20,23)(H,21,22). The van der Waals surface area contributed by atoms with Crippen molar-refractivity contribution in [1.82, 2.24) is 5.32 Å². The van der Waals surface area contributed by atoms with Gasteiger partial charge in [0, 0.05) is 5.69 Å². The van der Waals surface area contributed by atoms with E-state index >= 15 is 0 Å². The molecule has 0 spiro atoms. The third-order valence-electron chi connectivity index (χ3n) is 3.86. The van der Waals surface area contributed by atoms with E-state index in [1.807, 2.05) is 32.0 Å². The summed E-state index contributed by atoms with van der Waals surface area (Å²) in [6, 6.07) is 10.7. The Kier molecular flexibility index (Phi) is 6.00. The number of carbonyl (C=O) groups is 2. The lowest BCUT2D eigenvalue weighted by atomic mass is 10.1. The number of carbonyl (C=O) groups excluding carboxylic acids is 2. The van der Waals surface area contributed by atoms with Crippen LogP contribution in [-0.2, 0) is 4.79 Å². The normalized spacial score (nSPS) is 10.1. The molecule has 6 heteroatoms. The van der Waals surface area contributed by atoms with Gasteiger partial charge in [-0.2, -0.15) is 0 Å². The molecule has 2 amide bonds. The first-order valence-corrected chi connectivity index (χ1v) is 7.82. The average molecular weight is 342 g/mol. The van der Waals surface area contributed by atoms with Gasteiger partial charge in [-0.3, -0.25) is 9.59 Å². The van der Waals surface area contributed by atoms with E-state index < -0.39 is 5.91 Å². The molecule has 25 heavy (non-hydrogen) atoms. The molecule has 2 rings (SSSR count). The zero-order chi connectivity index (χ0) is 18.4. The van der Waals surface area contributed by atoms with Crippen molar-refractivity contribution < 1.29 is 19.1 Å². The summed E-state index contributed by atoms with van der Waals surface area (Å²) in [4.78, 5) is 24.5. The summed E-state index contributed by atoms with van der Waals surface area (Å²) in [6.07, 6.45) is 0. The molecule has 0 aromatic heterocycles. The molecule has 0 heterocycles. The summed E-state index contributed by atoms with van der Waals surface area (Å²) in [5.74, 6) is 0.00726. The Balaban J connectivity index is 2.02. The maximum absolute atomic E-state index is 12.4. The molecular formula is C19H22N2O4. The fourth-order valence-corrected chi connectivity index (χ4v) is 2.35. The van der Waals surface area contributed by atoms with E-state index in [1.165, 1.54) is 14.2 Å². The van der Waals surface area contributed by atoms with E-state index in [4.69, 9.17) is 9.47 Å². The highest BCUT2D eigenvalue weighted by Gasteiger charge is 2.18. The van der Waals surface area contributed by atoms with Crippen LogP contribution in [0.1, 0.15) is 21.5 Å². The highest BCUT2D eigenvalue weighted by atomic mass is 16.5. The van der Waals surface area contributed by atoms with Gasteiger partial charge in [-0.25, -0.2) is 0 Å². The molecule has 0 unspecified atom stereocenters. The van der Waals surface area contributed by atoms with E-state index in [1.54, 1.807) is 18.2 Å². The van der Waals surface area contributed by atoms with Crippen molar-refractivity contribution in [3.05, 3.63) is 53.1 Å². The summed E-state index contributed by atoms with van der Waals surface area (Å²) in [5, 5.41) is 5.34. The molecule has 6 nitrogen and oxygen atoms in total. The fourth-order valence-electron chi connectivity index (χ4n) is 2.35. The highest BCUT2D eigenvalue weighted by molar-refractivity contribution is 6.02. The first-order chi connectivity index (χ1) is 12.0. The predicted octanol–water partition coefficient (Wildman–Crippen LogP) is 2.69. The molecule has 0 radical (unpaired) electrons. The summed E-state index contributed by atoms with van der Waals surface area (Å²) in [6.45, 7) is 3.81. The van der Waals surface area contributed by atoms with Crippen molar-refractivity contribution >= 4 is 17.5 Å². The molecule has 0 atom stereocenters. The van der Waals surface area contributed by atoms with E-state index in [-0.39, 0.29) is 18.0 Å². The second kappa shape index (κ2) is 8.19. The van der Waals surface area contributed by atoms with Crippen LogP contribution in [0.2, 0.25) is 0 Å². The maximum atomic E-state index is 12.4. The Bertz CT molecular complexity index is 765. The van der Waals surface area contributed by atoms with Crippen LogP contribution in [0.15, 0.2) is 36.4 Å². The molecule has 2 aromatic rings. The van der Waals surface area contributed by atoms with Crippen molar-refractivity contribution in [1.29, 1.82) is 0 Å². The lowest BCUT2D eigenvalue weighted by Crippen LogP contribution is -2.33. The lowest BCUT2D eigenvalue weighted by Gasteiger charge is -2.13. The Hall–Kier alpha value is -3.02. The van der Waals surface area contributed by atoms with E-state index in [0.29, 0.717) is 17.2 Å². The summed E-state index contributed by atoms with van der Waals surface area (Å²) < 4.78 is 10.4. The number of methoxy groups -OCH3 is 2. The van der Waals surface area contributed by atoms with Crippen LogP contribution in [0.3, 0.4) is 0 Å². The molecule has 0 bridgehead atoms. The zero-order valence-electron chi connectivity index (χ0n) is 14.8. The molecule has 0 aliphatic carbocycles.